The lowest BCUT2D eigenvalue weighted by molar-refractivity contribution is 0.0721. The van der Waals surface area contributed by atoms with E-state index in [-0.39, 0.29) is 17.1 Å². The average Bonchev–Trinajstić information content (AvgIpc) is 2.23. The third kappa shape index (κ3) is 3.05. The van der Waals surface area contributed by atoms with Crippen molar-refractivity contribution < 1.29 is 13.6 Å². The number of nitrogens with zero attached hydrogens (tertiary/aromatic N) is 2. The zero-order chi connectivity index (χ0) is 13.9. The van der Waals surface area contributed by atoms with Crippen molar-refractivity contribution in [3.05, 3.63) is 33.8 Å². The zero-order valence-corrected chi connectivity index (χ0v) is 11.5. The van der Waals surface area contributed by atoms with Gasteiger partial charge < -0.3 is 4.90 Å². The Labute approximate surface area is 112 Å². The van der Waals surface area contributed by atoms with Crippen molar-refractivity contribution in [1.29, 1.82) is 5.26 Å². The van der Waals surface area contributed by atoms with Crippen LogP contribution in [-0.4, -0.2) is 23.4 Å². The normalized spacial score (nSPS) is 10.3. The van der Waals surface area contributed by atoms with Gasteiger partial charge in [-0.3, -0.25) is 4.79 Å². The molecule has 0 aliphatic heterocycles. The smallest absolute Gasteiger partial charge is 0.260 e. The molecule has 0 unspecified atom stereocenters. The quantitative estimate of drug-likeness (QED) is 0.804. The van der Waals surface area contributed by atoms with Crippen LogP contribution in [0.15, 0.2) is 16.6 Å². The highest BCUT2D eigenvalue weighted by atomic mass is 79.9. The summed E-state index contributed by atoms with van der Waals surface area (Å²) in [5.74, 6) is -2.72. The highest BCUT2D eigenvalue weighted by molar-refractivity contribution is 9.10. The van der Waals surface area contributed by atoms with Gasteiger partial charge in [0.1, 0.15) is 23.7 Å². The second-order valence-corrected chi connectivity index (χ2v) is 4.85. The van der Waals surface area contributed by atoms with Gasteiger partial charge in [0.15, 0.2) is 0 Å². The minimum Gasteiger partial charge on any atom is -0.323 e. The van der Waals surface area contributed by atoms with E-state index in [9.17, 15) is 13.6 Å². The van der Waals surface area contributed by atoms with Gasteiger partial charge in [0, 0.05) is 10.5 Å². The summed E-state index contributed by atoms with van der Waals surface area (Å²) in [6.07, 6.45) is 0. The number of amides is 1. The standard InChI is InChI=1S/C12H11BrF2N2O/c1-7(2)17(4-3-16)12(18)11-9(14)5-8(13)6-10(11)15/h5-7H,4H2,1-2H3. The lowest BCUT2D eigenvalue weighted by Gasteiger charge is -2.24. The van der Waals surface area contributed by atoms with Crippen molar-refractivity contribution in [3.8, 4) is 6.07 Å². The molecule has 1 aromatic carbocycles. The lowest BCUT2D eigenvalue weighted by atomic mass is 10.1. The molecule has 6 heteroatoms. The molecule has 0 saturated heterocycles. The zero-order valence-electron chi connectivity index (χ0n) is 9.88. The summed E-state index contributed by atoms with van der Waals surface area (Å²) >= 11 is 2.94. The molecule has 0 aliphatic rings. The maximum absolute atomic E-state index is 13.6. The number of carbonyl (C=O) groups excluding carboxylic acids is 1. The molecule has 0 aliphatic carbocycles. The van der Waals surface area contributed by atoms with E-state index in [1.54, 1.807) is 19.9 Å². The van der Waals surface area contributed by atoms with Crippen LogP contribution in [0.25, 0.3) is 0 Å². The Bertz CT molecular complexity index is 488. The van der Waals surface area contributed by atoms with Crippen molar-refractivity contribution in [2.24, 2.45) is 0 Å². The molecule has 96 valence electrons. The molecule has 0 spiro atoms. The van der Waals surface area contributed by atoms with Crippen molar-refractivity contribution in [2.75, 3.05) is 6.54 Å². The third-order valence-corrected chi connectivity index (χ3v) is 2.80. The monoisotopic (exact) mass is 316 g/mol. The van der Waals surface area contributed by atoms with Gasteiger partial charge in [-0.05, 0) is 26.0 Å². The summed E-state index contributed by atoms with van der Waals surface area (Å²) in [4.78, 5) is 13.1. The predicted octanol–water partition coefficient (Wildman–Crippen LogP) is 3.10. The minimum atomic E-state index is -0.949. The fourth-order valence-electron chi connectivity index (χ4n) is 1.46. The van der Waals surface area contributed by atoms with Gasteiger partial charge in [-0.2, -0.15) is 5.26 Å². The van der Waals surface area contributed by atoms with Crippen LogP contribution in [-0.2, 0) is 0 Å². The molecule has 0 atom stereocenters. The first-order valence-corrected chi connectivity index (χ1v) is 6.00. The number of hydrogen-bond acceptors (Lipinski definition) is 2. The van der Waals surface area contributed by atoms with E-state index in [1.165, 1.54) is 0 Å². The predicted molar refractivity (Wildman–Crippen MR) is 65.8 cm³/mol. The molecular formula is C12H11BrF2N2O. The van der Waals surface area contributed by atoms with Gasteiger partial charge >= 0.3 is 0 Å². The fourth-order valence-corrected chi connectivity index (χ4v) is 1.86. The molecule has 1 amide bonds. The molecule has 1 rings (SSSR count). The maximum Gasteiger partial charge on any atom is 0.260 e. The van der Waals surface area contributed by atoms with Crippen LogP contribution < -0.4 is 0 Å². The summed E-state index contributed by atoms with van der Waals surface area (Å²) in [6.45, 7) is 3.12. The van der Waals surface area contributed by atoms with E-state index in [0.717, 1.165) is 17.0 Å². The molecule has 1 aromatic rings. The SMILES string of the molecule is CC(C)N(CC#N)C(=O)c1c(F)cc(Br)cc1F. The Morgan fingerprint density at radius 3 is 2.33 bits per heavy atom. The van der Waals surface area contributed by atoms with Crippen LogP contribution in [0, 0.1) is 23.0 Å². The van der Waals surface area contributed by atoms with Gasteiger partial charge in [-0.25, -0.2) is 8.78 Å². The summed E-state index contributed by atoms with van der Waals surface area (Å²) in [7, 11) is 0. The molecule has 0 bridgehead atoms. The number of rotatable bonds is 3. The Kier molecular flexibility index (Phi) is 4.79. The van der Waals surface area contributed by atoms with E-state index in [0.29, 0.717) is 0 Å². The third-order valence-electron chi connectivity index (χ3n) is 2.35. The number of benzene rings is 1. The topological polar surface area (TPSA) is 44.1 Å². The van der Waals surface area contributed by atoms with Crippen molar-refractivity contribution >= 4 is 21.8 Å². The number of nitriles is 1. The maximum atomic E-state index is 13.6. The Balaban J connectivity index is 3.22. The first kappa shape index (κ1) is 14.6. The van der Waals surface area contributed by atoms with E-state index in [2.05, 4.69) is 15.9 Å². The van der Waals surface area contributed by atoms with E-state index in [4.69, 9.17) is 5.26 Å². The van der Waals surface area contributed by atoms with Gasteiger partial charge in [0.2, 0.25) is 0 Å². The van der Waals surface area contributed by atoms with Crippen LogP contribution in [0.3, 0.4) is 0 Å². The summed E-state index contributed by atoms with van der Waals surface area (Å²) in [5.41, 5.74) is -0.637. The van der Waals surface area contributed by atoms with Crippen molar-refractivity contribution in [2.45, 2.75) is 19.9 Å². The Hall–Kier alpha value is -1.48. The molecule has 0 aromatic heterocycles. The minimum absolute atomic E-state index is 0.213. The number of carbonyl (C=O) groups is 1. The van der Waals surface area contributed by atoms with Crippen molar-refractivity contribution in [1.82, 2.24) is 4.90 Å². The summed E-state index contributed by atoms with van der Waals surface area (Å²) < 4.78 is 27.5. The highest BCUT2D eigenvalue weighted by Crippen LogP contribution is 2.21. The second kappa shape index (κ2) is 5.91. The molecule has 0 saturated carbocycles. The fraction of sp³-hybridized carbons (Fsp3) is 0.333. The van der Waals surface area contributed by atoms with Gasteiger partial charge in [0.05, 0.1) is 6.07 Å². The largest absolute Gasteiger partial charge is 0.323 e. The summed E-state index contributed by atoms with van der Waals surface area (Å²) in [5, 5.41) is 8.63. The lowest BCUT2D eigenvalue weighted by Crippen LogP contribution is -2.38. The van der Waals surface area contributed by atoms with E-state index < -0.39 is 23.1 Å². The number of hydrogen-bond donors (Lipinski definition) is 0. The van der Waals surface area contributed by atoms with Crippen LogP contribution in [0.4, 0.5) is 8.78 Å². The Morgan fingerprint density at radius 1 is 1.44 bits per heavy atom. The van der Waals surface area contributed by atoms with Gasteiger partial charge in [-0.1, -0.05) is 15.9 Å². The van der Waals surface area contributed by atoms with E-state index in [1.807, 2.05) is 0 Å². The molecule has 0 N–H and O–H groups in total. The second-order valence-electron chi connectivity index (χ2n) is 3.93. The highest BCUT2D eigenvalue weighted by Gasteiger charge is 2.25. The number of halogens is 3. The van der Waals surface area contributed by atoms with E-state index >= 15 is 0 Å². The van der Waals surface area contributed by atoms with Crippen LogP contribution in [0.5, 0.6) is 0 Å². The van der Waals surface area contributed by atoms with Crippen LogP contribution in [0.2, 0.25) is 0 Å². The molecule has 3 nitrogen and oxygen atoms in total. The molecule has 0 heterocycles. The first-order valence-electron chi connectivity index (χ1n) is 5.21. The van der Waals surface area contributed by atoms with Gasteiger partial charge in [-0.15, -0.1) is 0 Å². The Morgan fingerprint density at radius 2 is 1.94 bits per heavy atom. The molecule has 0 fully saturated rings. The van der Waals surface area contributed by atoms with Crippen molar-refractivity contribution in [3.63, 3.8) is 0 Å². The van der Waals surface area contributed by atoms with Crippen LogP contribution >= 0.6 is 15.9 Å². The summed E-state index contributed by atoms with van der Waals surface area (Å²) in [6, 6.07) is 3.51. The first-order chi connectivity index (χ1) is 8.38. The molecule has 18 heavy (non-hydrogen) atoms. The molecule has 0 radical (unpaired) electrons. The molecular weight excluding hydrogens is 306 g/mol. The average molecular weight is 317 g/mol. The van der Waals surface area contributed by atoms with Crippen LogP contribution in [0.1, 0.15) is 24.2 Å². The van der Waals surface area contributed by atoms with Gasteiger partial charge in [0.25, 0.3) is 5.91 Å².